The van der Waals surface area contributed by atoms with Crippen molar-refractivity contribution in [1.82, 2.24) is 4.31 Å². The molecule has 1 aliphatic rings. The minimum atomic E-state index is -3.56. The zero-order chi connectivity index (χ0) is 14.9. The van der Waals surface area contributed by atoms with Crippen LogP contribution in [0, 0.1) is 6.92 Å². The molecule has 0 spiro atoms. The van der Waals surface area contributed by atoms with Crippen LogP contribution in [-0.4, -0.2) is 49.7 Å². The van der Waals surface area contributed by atoms with Crippen molar-refractivity contribution >= 4 is 26.0 Å². The summed E-state index contributed by atoms with van der Waals surface area (Å²) >= 11 is 3.36. The predicted octanol–water partition coefficient (Wildman–Crippen LogP) is 1.53. The Balaban J connectivity index is 2.31. The molecular weight excluding hydrogens is 346 g/mol. The van der Waals surface area contributed by atoms with Crippen LogP contribution in [0.15, 0.2) is 27.6 Å². The highest BCUT2D eigenvalue weighted by Crippen LogP contribution is 2.25. The maximum Gasteiger partial charge on any atom is 0.243 e. The van der Waals surface area contributed by atoms with Crippen molar-refractivity contribution in [3.63, 3.8) is 0 Å². The van der Waals surface area contributed by atoms with E-state index in [0.717, 1.165) is 10.0 Å². The fourth-order valence-electron chi connectivity index (χ4n) is 2.23. The number of nitrogens with zero attached hydrogens (tertiary/aromatic N) is 1. The van der Waals surface area contributed by atoms with Crippen LogP contribution in [0.5, 0.6) is 0 Å². The van der Waals surface area contributed by atoms with Crippen LogP contribution >= 0.6 is 15.9 Å². The number of sulfonamides is 1. The van der Waals surface area contributed by atoms with Crippen LogP contribution in [0.2, 0.25) is 0 Å². The molecule has 1 aromatic rings. The maximum absolute atomic E-state index is 12.6. The SMILES string of the molecule is Cc1cc(S(=O)(=O)N2CC(C)OC(CO)C2)ccc1Br. The highest BCUT2D eigenvalue weighted by Gasteiger charge is 2.33. The number of halogens is 1. The molecule has 2 rings (SSSR count). The van der Waals surface area contributed by atoms with Crippen molar-refractivity contribution in [2.24, 2.45) is 0 Å². The minimum absolute atomic E-state index is 0.179. The molecule has 0 aromatic heterocycles. The van der Waals surface area contributed by atoms with Gasteiger partial charge in [0.25, 0.3) is 0 Å². The van der Waals surface area contributed by atoms with Crippen molar-refractivity contribution in [3.8, 4) is 0 Å². The third-order valence-electron chi connectivity index (χ3n) is 3.26. The number of benzene rings is 1. The number of ether oxygens (including phenoxy) is 1. The highest BCUT2D eigenvalue weighted by molar-refractivity contribution is 9.10. The lowest BCUT2D eigenvalue weighted by Crippen LogP contribution is -2.50. The molecule has 0 aliphatic carbocycles. The molecule has 1 heterocycles. The smallest absolute Gasteiger partial charge is 0.243 e. The van der Waals surface area contributed by atoms with Gasteiger partial charge in [-0.3, -0.25) is 0 Å². The molecular formula is C13H18BrNO4S. The quantitative estimate of drug-likeness (QED) is 0.884. The number of hydrogen-bond acceptors (Lipinski definition) is 4. The number of aliphatic hydroxyl groups is 1. The fraction of sp³-hybridized carbons (Fsp3) is 0.538. The minimum Gasteiger partial charge on any atom is -0.394 e. The summed E-state index contributed by atoms with van der Waals surface area (Å²) in [6.45, 7) is 3.95. The van der Waals surface area contributed by atoms with Gasteiger partial charge in [0.2, 0.25) is 10.0 Å². The van der Waals surface area contributed by atoms with E-state index < -0.39 is 16.1 Å². The van der Waals surface area contributed by atoms with Gasteiger partial charge in [0.15, 0.2) is 0 Å². The summed E-state index contributed by atoms with van der Waals surface area (Å²) in [7, 11) is -3.56. The molecule has 2 unspecified atom stereocenters. The van der Waals surface area contributed by atoms with E-state index in [9.17, 15) is 13.5 Å². The van der Waals surface area contributed by atoms with Crippen LogP contribution in [0.3, 0.4) is 0 Å². The van der Waals surface area contributed by atoms with E-state index in [0.29, 0.717) is 6.54 Å². The van der Waals surface area contributed by atoms with Crippen LogP contribution in [0.4, 0.5) is 0 Å². The molecule has 1 aromatic carbocycles. The van der Waals surface area contributed by atoms with E-state index in [4.69, 9.17) is 4.74 Å². The van der Waals surface area contributed by atoms with Gasteiger partial charge < -0.3 is 9.84 Å². The van der Waals surface area contributed by atoms with Crippen LogP contribution < -0.4 is 0 Å². The first-order valence-electron chi connectivity index (χ1n) is 6.37. The number of morpholine rings is 1. The summed E-state index contributed by atoms with van der Waals surface area (Å²) in [4.78, 5) is 0.268. The monoisotopic (exact) mass is 363 g/mol. The summed E-state index contributed by atoms with van der Waals surface area (Å²) in [6, 6.07) is 4.96. The summed E-state index contributed by atoms with van der Waals surface area (Å²) in [5, 5.41) is 9.19. The van der Waals surface area contributed by atoms with E-state index in [1.807, 2.05) is 6.92 Å². The van der Waals surface area contributed by atoms with E-state index in [2.05, 4.69) is 15.9 Å². The molecule has 0 saturated carbocycles. The first-order chi connectivity index (χ1) is 9.34. The van der Waals surface area contributed by atoms with Crippen molar-refractivity contribution in [1.29, 1.82) is 0 Å². The Bertz CT molecular complexity index is 590. The average molecular weight is 364 g/mol. The second-order valence-electron chi connectivity index (χ2n) is 4.98. The second-order valence-corrected chi connectivity index (χ2v) is 7.78. The second kappa shape index (κ2) is 6.11. The lowest BCUT2D eigenvalue weighted by molar-refractivity contribution is -0.0750. The largest absolute Gasteiger partial charge is 0.394 e. The summed E-state index contributed by atoms with van der Waals surface area (Å²) in [5.41, 5.74) is 0.867. The van der Waals surface area contributed by atoms with Gasteiger partial charge in [0.05, 0.1) is 23.7 Å². The van der Waals surface area contributed by atoms with Gasteiger partial charge >= 0.3 is 0 Å². The molecule has 5 nitrogen and oxygen atoms in total. The van der Waals surface area contributed by atoms with Gasteiger partial charge in [0.1, 0.15) is 0 Å². The number of hydrogen-bond donors (Lipinski definition) is 1. The van der Waals surface area contributed by atoms with E-state index in [-0.39, 0.29) is 24.2 Å². The van der Waals surface area contributed by atoms with E-state index >= 15 is 0 Å². The lowest BCUT2D eigenvalue weighted by atomic mass is 10.2. The molecule has 1 fully saturated rings. The van der Waals surface area contributed by atoms with Crippen molar-refractivity contribution in [2.45, 2.75) is 31.0 Å². The number of aryl methyl sites for hydroxylation is 1. The first-order valence-corrected chi connectivity index (χ1v) is 8.60. The molecule has 1 aliphatic heterocycles. The highest BCUT2D eigenvalue weighted by atomic mass is 79.9. The topological polar surface area (TPSA) is 66.8 Å². The van der Waals surface area contributed by atoms with Gasteiger partial charge in [0, 0.05) is 17.6 Å². The predicted molar refractivity (Wildman–Crippen MR) is 79.1 cm³/mol. The summed E-state index contributed by atoms with van der Waals surface area (Å²) < 4.78 is 33.0. The Kier molecular flexibility index (Phi) is 4.86. The molecule has 20 heavy (non-hydrogen) atoms. The average Bonchev–Trinajstić information content (AvgIpc) is 2.41. The van der Waals surface area contributed by atoms with Crippen LogP contribution in [0.25, 0.3) is 0 Å². The van der Waals surface area contributed by atoms with E-state index in [1.165, 1.54) is 4.31 Å². The fourth-order valence-corrected chi connectivity index (χ4v) is 4.11. The number of aliphatic hydroxyl groups excluding tert-OH is 1. The van der Waals surface area contributed by atoms with Crippen molar-refractivity contribution in [2.75, 3.05) is 19.7 Å². The van der Waals surface area contributed by atoms with Gasteiger partial charge in [-0.2, -0.15) is 4.31 Å². The molecule has 0 amide bonds. The Morgan fingerprint density at radius 2 is 2.15 bits per heavy atom. The zero-order valence-electron chi connectivity index (χ0n) is 11.4. The molecule has 0 bridgehead atoms. The molecule has 7 heteroatoms. The third kappa shape index (κ3) is 3.23. The summed E-state index contributed by atoms with van der Waals surface area (Å²) in [5.74, 6) is 0. The normalized spacial score (nSPS) is 24.8. The Hall–Kier alpha value is -0.470. The molecule has 1 saturated heterocycles. The summed E-state index contributed by atoms with van der Waals surface area (Å²) in [6.07, 6.45) is -0.697. The van der Waals surface area contributed by atoms with Crippen molar-refractivity contribution in [3.05, 3.63) is 28.2 Å². The lowest BCUT2D eigenvalue weighted by Gasteiger charge is -2.35. The van der Waals surface area contributed by atoms with Gasteiger partial charge in [-0.1, -0.05) is 15.9 Å². The molecule has 1 N–H and O–H groups in total. The molecule has 2 atom stereocenters. The Morgan fingerprint density at radius 1 is 1.45 bits per heavy atom. The van der Waals surface area contributed by atoms with Crippen LogP contribution in [-0.2, 0) is 14.8 Å². The van der Waals surface area contributed by atoms with Crippen LogP contribution in [0.1, 0.15) is 12.5 Å². The van der Waals surface area contributed by atoms with Gasteiger partial charge in [-0.25, -0.2) is 8.42 Å². The molecule has 0 radical (unpaired) electrons. The molecule has 112 valence electrons. The standard InChI is InChI=1S/C13H18BrNO4S/c1-9-5-12(3-4-13(9)14)20(17,18)15-6-10(2)19-11(7-15)8-16/h3-5,10-11,16H,6-8H2,1-2H3. The zero-order valence-corrected chi connectivity index (χ0v) is 13.8. The maximum atomic E-state index is 12.6. The Labute approximate surface area is 127 Å². The van der Waals surface area contributed by atoms with Gasteiger partial charge in [-0.05, 0) is 37.6 Å². The van der Waals surface area contributed by atoms with E-state index in [1.54, 1.807) is 25.1 Å². The van der Waals surface area contributed by atoms with Gasteiger partial charge in [-0.15, -0.1) is 0 Å². The number of rotatable bonds is 3. The Morgan fingerprint density at radius 3 is 2.75 bits per heavy atom. The third-order valence-corrected chi connectivity index (χ3v) is 5.98. The first kappa shape index (κ1) is 15.9. The van der Waals surface area contributed by atoms with Crippen molar-refractivity contribution < 1.29 is 18.3 Å².